The third-order valence-electron chi connectivity index (χ3n) is 6.09. The molecule has 1 heterocycles. The lowest BCUT2D eigenvalue weighted by molar-refractivity contribution is -0.139. The summed E-state index contributed by atoms with van der Waals surface area (Å²) in [6.07, 6.45) is 0.209. The minimum Gasteiger partial charge on any atom is -0.481 e. The first-order chi connectivity index (χ1) is 16.3. The average molecular weight is 463 g/mol. The molecule has 0 aliphatic heterocycles. The number of alkyl carbamates (subject to hydrolysis) is 1. The summed E-state index contributed by atoms with van der Waals surface area (Å²) in [7, 11) is 1.81. The fourth-order valence-corrected chi connectivity index (χ4v) is 4.18. The third kappa shape index (κ3) is 4.78. The number of nitrogens with zero attached hydrogens (tertiary/aromatic N) is 2. The number of carboxylic acid groups (broad SMARTS) is 1. The Morgan fingerprint density at radius 3 is 2.26 bits per heavy atom. The molecule has 9 nitrogen and oxygen atoms in total. The highest BCUT2D eigenvalue weighted by molar-refractivity contribution is 5.89. The number of amides is 2. The molecule has 3 N–H and O–H groups in total. The SMILES string of the molecule is Cc1ncc(CNC(=O)C(CC(=O)O)NC(=O)OCC2c3ccccc3-c3ccccc32)n1C. The number of carboxylic acids is 1. The Labute approximate surface area is 196 Å². The van der Waals surface area contributed by atoms with Crippen LogP contribution in [0.4, 0.5) is 4.79 Å². The van der Waals surface area contributed by atoms with Gasteiger partial charge in [0.05, 0.1) is 24.9 Å². The van der Waals surface area contributed by atoms with Gasteiger partial charge < -0.3 is 25.0 Å². The van der Waals surface area contributed by atoms with Crippen molar-refractivity contribution >= 4 is 18.0 Å². The van der Waals surface area contributed by atoms with Crippen molar-refractivity contribution in [3.8, 4) is 11.1 Å². The molecule has 0 fully saturated rings. The van der Waals surface area contributed by atoms with Crippen LogP contribution in [0.3, 0.4) is 0 Å². The number of fused-ring (bicyclic) bond motifs is 3. The van der Waals surface area contributed by atoms with Crippen molar-refractivity contribution in [1.82, 2.24) is 20.2 Å². The Hall–Kier alpha value is -4.14. The molecule has 0 bridgehead atoms. The Bertz CT molecular complexity index is 1190. The Kier molecular flexibility index (Phi) is 6.62. The van der Waals surface area contributed by atoms with Crippen LogP contribution < -0.4 is 10.6 Å². The van der Waals surface area contributed by atoms with Gasteiger partial charge in [0.15, 0.2) is 0 Å². The summed E-state index contributed by atoms with van der Waals surface area (Å²) in [5, 5.41) is 14.3. The number of imidazole rings is 1. The largest absolute Gasteiger partial charge is 0.481 e. The zero-order chi connectivity index (χ0) is 24.2. The highest BCUT2D eigenvalue weighted by Gasteiger charge is 2.30. The number of aryl methyl sites for hydroxylation is 1. The maximum atomic E-state index is 12.6. The molecule has 34 heavy (non-hydrogen) atoms. The third-order valence-corrected chi connectivity index (χ3v) is 6.09. The lowest BCUT2D eigenvalue weighted by atomic mass is 9.98. The summed E-state index contributed by atoms with van der Waals surface area (Å²) in [6, 6.07) is 14.6. The van der Waals surface area contributed by atoms with E-state index in [2.05, 4.69) is 15.6 Å². The number of aliphatic carboxylic acids is 1. The number of rotatable bonds is 8. The molecule has 9 heteroatoms. The molecule has 1 aromatic heterocycles. The monoisotopic (exact) mass is 462 g/mol. The predicted octanol–water partition coefficient (Wildman–Crippen LogP) is 2.73. The first-order valence-corrected chi connectivity index (χ1v) is 10.9. The van der Waals surface area contributed by atoms with Crippen LogP contribution in [0.5, 0.6) is 0 Å². The van der Waals surface area contributed by atoms with E-state index in [-0.39, 0.29) is 19.1 Å². The number of hydrogen-bond acceptors (Lipinski definition) is 5. The first-order valence-electron chi connectivity index (χ1n) is 10.9. The molecule has 2 amide bonds. The van der Waals surface area contributed by atoms with Gasteiger partial charge in [-0.1, -0.05) is 48.5 Å². The second-order valence-electron chi connectivity index (χ2n) is 8.19. The smallest absolute Gasteiger partial charge is 0.407 e. The molecule has 3 aromatic rings. The van der Waals surface area contributed by atoms with E-state index >= 15 is 0 Å². The minimum atomic E-state index is -1.28. The van der Waals surface area contributed by atoms with Gasteiger partial charge in [0.1, 0.15) is 18.5 Å². The maximum absolute atomic E-state index is 12.6. The summed E-state index contributed by atoms with van der Waals surface area (Å²) in [4.78, 5) is 40.6. The van der Waals surface area contributed by atoms with Crippen molar-refractivity contribution < 1.29 is 24.2 Å². The van der Waals surface area contributed by atoms with Crippen LogP contribution in [0.2, 0.25) is 0 Å². The minimum absolute atomic E-state index is 0.0650. The van der Waals surface area contributed by atoms with Gasteiger partial charge in [0.25, 0.3) is 0 Å². The molecule has 0 spiro atoms. The Morgan fingerprint density at radius 1 is 1.09 bits per heavy atom. The predicted molar refractivity (Wildman–Crippen MR) is 124 cm³/mol. The van der Waals surface area contributed by atoms with Crippen LogP contribution in [0.15, 0.2) is 54.7 Å². The van der Waals surface area contributed by atoms with Crippen molar-refractivity contribution in [2.75, 3.05) is 6.61 Å². The average Bonchev–Trinajstić information content (AvgIpc) is 3.32. The zero-order valence-electron chi connectivity index (χ0n) is 18.9. The summed E-state index contributed by atoms with van der Waals surface area (Å²) < 4.78 is 7.26. The maximum Gasteiger partial charge on any atom is 0.407 e. The van der Waals surface area contributed by atoms with E-state index in [1.54, 1.807) is 6.20 Å². The summed E-state index contributed by atoms with van der Waals surface area (Å²) in [5.74, 6) is -1.19. The van der Waals surface area contributed by atoms with Gasteiger partial charge in [0.2, 0.25) is 5.91 Å². The van der Waals surface area contributed by atoms with E-state index in [1.165, 1.54) is 0 Å². The molecule has 176 valence electrons. The standard InChI is InChI=1S/C25H26N4O5/c1-15-26-12-16(29(15)2)13-27-24(32)22(11-23(30)31)28-25(33)34-14-21-19-9-5-3-7-17(19)18-8-4-6-10-20(18)21/h3-10,12,21-22H,11,13-14H2,1-2H3,(H,27,32)(H,28,33)(H,30,31). The van der Waals surface area contributed by atoms with Crippen molar-refractivity contribution in [3.05, 3.63) is 77.4 Å². The quantitative estimate of drug-likeness (QED) is 0.473. The highest BCUT2D eigenvalue weighted by Crippen LogP contribution is 2.44. The molecule has 2 aromatic carbocycles. The van der Waals surface area contributed by atoms with Crippen LogP contribution >= 0.6 is 0 Å². The molecule has 0 saturated carbocycles. The highest BCUT2D eigenvalue weighted by atomic mass is 16.5. The van der Waals surface area contributed by atoms with Crippen LogP contribution in [-0.4, -0.2) is 45.3 Å². The van der Waals surface area contributed by atoms with Crippen molar-refractivity contribution in [1.29, 1.82) is 0 Å². The van der Waals surface area contributed by atoms with Crippen LogP contribution in [-0.2, 0) is 27.9 Å². The van der Waals surface area contributed by atoms with Gasteiger partial charge in [-0.3, -0.25) is 9.59 Å². The van der Waals surface area contributed by atoms with Gasteiger partial charge >= 0.3 is 12.1 Å². The van der Waals surface area contributed by atoms with Crippen LogP contribution in [0.25, 0.3) is 11.1 Å². The molecule has 1 unspecified atom stereocenters. The van der Waals surface area contributed by atoms with E-state index in [1.807, 2.05) is 67.1 Å². The van der Waals surface area contributed by atoms with Crippen LogP contribution in [0.1, 0.15) is 35.0 Å². The van der Waals surface area contributed by atoms with E-state index in [9.17, 15) is 19.5 Å². The molecule has 1 aliphatic carbocycles. The lowest BCUT2D eigenvalue weighted by Crippen LogP contribution is -2.48. The van der Waals surface area contributed by atoms with Crippen molar-refractivity contribution in [3.63, 3.8) is 0 Å². The van der Waals surface area contributed by atoms with Crippen molar-refractivity contribution in [2.45, 2.75) is 31.8 Å². The number of hydrogen-bond donors (Lipinski definition) is 3. The molecule has 4 rings (SSSR count). The summed E-state index contributed by atoms with van der Waals surface area (Å²) in [5.41, 5.74) is 5.06. The molecule has 0 radical (unpaired) electrons. The van der Waals surface area contributed by atoms with Gasteiger partial charge in [-0.25, -0.2) is 9.78 Å². The fourth-order valence-electron chi connectivity index (χ4n) is 4.18. The molecule has 1 aliphatic rings. The molecule has 1 atom stereocenters. The van der Waals surface area contributed by atoms with E-state index in [0.29, 0.717) is 0 Å². The second-order valence-corrected chi connectivity index (χ2v) is 8.19. The zero-order valence-corrected chi connectivity index (χ0v) is 18.9. The fraction of sp³-hybridized carbons (Fsp3) is 0.280. The van der Waals surface area contributed by atoms with E-state index < -0.39 is 30.4 Å². The van der Waals surface area contributed by atoms with E-state index in [0.717, 1.165) is 33.8 Å². The van der Waals surface area contributed by atoms with E-state index in [4.69, 9.17) is 4.74 Å². The number of nitrogens with one attached hydrogen (secondary N) is 2. The topological polar surface area (TPSA) is 123 Å². The number of carbonyl (C=O) groups excluding carboxylic acids is 2. The number of ether oxygens (including phenoxy) is 1. The van der Waals surface area contributed by atoms with Gasteiger partial charge in [-0.2, -0.15) is 0 Å². The number of carbonyl (C=O) groups is 3. The molecular formula is C25H26N4O5. The van der Waals surface area contributed by atoms with Gasteiger partial charge in [0, 0.05) is 13.0 Å². The summed E-state index contributed by atoms with van der Waals surface area (Å²) in [6.45, 7) is 2.05. The second kappa shape index (κ2) is 9.78. The Morgan fingerprint density at radius 2 is 1.71 bits per heavy atom. The van der Waals surface area contributed by atoms with Gasteiger partial charge in [-0.05, 0) is 29.2 Å². The van der Waals surface area contributed by atoms with Gasteiger partial charge in [-0.15, -0.1) is 0 Å². The van der Waals surface area contributed by atoms with Crippen molar-refractivity contribution in [2.24, 2.45) is 7.05 Å². The number of aromatic nitrogens is 2. The molecular weight excluding hydrogens is 436 g/mol. The normalized spacial score (nSPS) is 13.0. The summed E-state index contributed by atoms with van der Waals surface area (Å²) >= 11 is 0. The van der Waals surface area contributed by atoms with Crippen LogP contribution in [0, 0.1) is 6.92 Å². The lowest BCUT2D eigenvalue weighted by Gasteiger charge is -2.19. The number of benzene rings is 2. The molecule has 0 saturated heterocycles. The first kappa shape index (κ1) is 23.0. The Balaban J connectivity index is 1.39.